The van der Waals surface area contributed by atoms with E-state index in [1.54, 1.807) is 4.57 Å². The van der Waals surface area contributed by atoms with Gasteiger partial charge in [0.15, 0.2) is 0 Å². The van der Waals surface area contributed by atoms with Crippen LogP contribution in [0.15, 0.2) is 59.7 Å². The van der Waals surface area contributed by atoms with Crippen molar-refractivity contribution in [1.82, 2.24) is 14.9 Å². The molecule has 1 aliphatic heterocycles. The first-order valence-electron chi connectivity index (χ1n) is 8.19. The number of nitrogens with zero attached hydrogens (tertiary/aromatic N) is 1. The summed E-state index contributed by atoms with van der Waals surface area (Å²) < 4.78 is 14.9. The maximum absolute atomic E-state index is 13.3. The summed E-state index contributed by atoms with van der Waals surface area (Å²) in [5, 5.41) is 3.36. The van der Waals surface area contributed by atoms with Gasteiger partial charge < -0.3 is 10.3 Å². The Bertz CT molecular complexity index is 853. The smallest absolute Gasteiger partial charge is 0.317 e. The lowest BCUT2D eigenvalue weighted by atomic mass is 9.89. The third kappa shape index (κ3) is 3.26. The Kier molecular flexibility index (Phi) is 4.81. The number of aromatic amines is 1. The van der Waals surface area contributed by atoms with E-state index in [0.29, 0.717) is 11.5 Å². The third-order valence-corrected chi connectivity index (χ3v) is 4.52. The summed E-state index contributed by atoms with van der Waals surface area (Å²) in [5.74, 6) is -0.00829. The molecule has 1 aromatic heterocycles. The summed E-state index contributed by atoms with van der Waals surface area (Å²) in [7, 11) is 0. The van der Waals surface area contributed by atoms with Gasteiger partial charge in [-0.05, 0) is 61.2 Å². The number of aromatic nitrogens is 2. The molecule has 1 saturated heterocycles. The number of nitrogens with one attached hydrogen (secondary N) is 2. The van der Waals surface area contributed by atoms with Crippen LogP contribution in [-0.2, 0) is 6.54 Å². The van der Waals surface area contributed by atoms with E-state index < -0.39 is 5.83 Å². The first-order valence-corrected chi connectivity index (χ1v) is 8.19. The minimum atomic E-state index is -0.455. The highest BCUT2D eigenvalue weighted by molar-refractivity contribution is 5.79. The molecule has 5 heteroatoms. The molecule has 2 N–H and O–H groups in total. The number of hydrogen-bond donors (Lipinski definition) is 2. The molecule has 0 aliphatic carbocycles. The first kappa shape index (κ1) is 16.5. The fourth-order valence-electron chi connectivity index (χ4n) is 3.34. The van der Waals surface area contributed by atoms with Crippen molar-refractivity contribution >= 4 is 11.0 Å². The first-order chi connectivity index (χ1) is 11.6. The predicted molar refractivity (Wildman–Crippen MR) is 95.9 cm³/mol. The second-order valence-corrected chi connectivity index (χ2v) is 6.17. The number of piperidine rings is 1. The van der Waals surface area contributed by atoms with Crippen LogP contribution in [0.5, 0.6) is 0 Å². The number of halogens is 1. The molecule has 0 spiro atoms. The number of H-pyrrole nitrogens is 1. The Hall–Kier alpha value is -2.40. The topological polar surface area (TPSA) is 49.8 Å². The summed E-state index contributed by atoms with van der Waals surface area (Å²) in [5.41, 5.74) is 3.23. The normalized spacial score (nSPS) is 16.5. The molecule has 4 nitrogen and oxygen atoms in total. The van der Waals surface area contributed by atoms with Crippen LogP contribution in [0.1, 0.15) is 24.3 Å². The molecule has 1 aromatic carbocycles. The zero-order valence-electron chi connectivity index (χ0n) is 13.6. The molecule has 0 atom stereocenters. The number of hydrogen-bond acceptors (Lipinski definition) is 2. The lowest BCUT2D eigenvalue weighted by Gasteiger charge is -2.23. The summed E-state index contributed by atoms with van der Waals surface area (Å²) in [4.78, 5) is 15.4. The fraction of sp³-hybridized carbons (Fsp3) is 0.316. The minimum Gasteiger partial charge on any atom is -0.317 e. The zero-order valence-corrected chi connectivity index (χ0v) is 13.6. The number of fused-ring (bicyclic) bond motifs is 1. The highest BCUT2D eigenvalue weighted by atomic mass is 19.1. The van der Waals surface area contributed by atoms with Crippen molar-refractivity contribution in [2.75, 3.05) is 13.1 Å². The van der Waals surface area contributed by atoms with Crippen LogP contribution < -0.4 is 11.0 Å². The number of allylic oxidation sites excluding steroid dienone is 4. The molecular formula is C19H22FN3O. The van der Waals surface area contributed by atoms with Crippen LogP contribution in [0, 0.1) is 0 Å². The van der Waals surface area contributed by atoms with Gasteiger partial charge in [0, 0.05) is 0 Å². The van der Waals surface area contributed by atoms with Gasteiger partial charge >= 0.3 is 5.69 Å². The molecule has 1 aliphatic rings. The van der Waals surface area contributed by atoms with Crippen LogP contribution in [0.3, 0.4) is 0 Å². The average Bonchev–Trinajstić information content (AvgIpc) is 2.91. The summed E-state index contributed by atoms with van der Waals surface area (Å²) >= 11 is 0. The van der Waals surface area contributed by atoms with E-state index in [1.165, 1.54) is 11.6 Å². The van der Waals surface area contributed by atoms with Gasteiger partial charge in [0.2, 0.25) is 0 Å². The van der Waals surface area contributed by atoms with E-state index >= 15 is 0 Å². The molecule has 0 bridgehead atoms. The summed E-state index contributed by atoms with van der Waals surface area (Å²) in [6.45, 7) is 9.44. The zero-order chi connectivity index (χ0) is 17.1. The monoisotopic (exact) mass is 327 g/mol. The van der Waals surface area contributed by atoms with E-state index in [9.17, 15) is 9.18 Å². The lowest BCUT2D eigenvalue weighted by Crippen LogP contribution is -2.26. The van der Waals surface area contributed by atoms with Gasteiger partial charge in [-0.15, -0.1) is 0 Å². The van der Waals surface area contributed by atoms with E-state index in [2.05, 4.69) is 29.5 Å². The van der Waals surface area contributed by atoms with Crippen LogP contribution in [0.2, 0.25) is 0 Å². The fourth-order valence-corrected chi connectivity index (χ4v) is 3.34. The molecule has 126 valence electrons. The van der Waals surface area contributed by atoms with E-state index in [-0.39, 0.29) is 12.2 Å². The summed E-state index contributed by atoms with van der Waals surface area (Å²) in [6, 6.07) is 5.98. The van der Waals surface area contributed by atoms with Gasteiger partial charge in [0.25, 0.3) is 0 Å². The maximum atomic E-state index is 13.3. The van der Waals surface area contributed by atoms with Crippen molar-refractivity contribution < 1.29 is 4.39 Å². The third-order valence-electron chi connectivity index (χ3n) is 4.52. The number of rotatable bonds is 5. The molecule has 2 heterocycles. The average molecular weight is 327 g/mol. The van der Waals surface area contributed by atoms with Gasteiger partial charge in [0.05, 0.1) is 17.6 Å². The van der Waals surface area contributed by atoms with Crippen LogP contribution in [-0.4, -0.2) is 22.6 Å². The lowest BCUT2D eigenvalue weighted by molar-refractivity contribution is 0.462. The maximum Gasteiger partial charge on any atom is 0.326 e. The Morgan fingerprint density at radius 3 is 2.83 bits per heavy atom. The van der Waals surface area contributed by atoms with Crippen molar-refractivity contribution in [2.24, 2.45) is 0 Å². The van der Waals surface area contributed by atoms with Crippen LogP contribution in [0.4, 0.5) is 4.39 Å². The largest absolute Gasteiger partial charge is 0.326 e. The van der Waals surface area contributed by atoms with Gasteiger partial charge in [0.1, 0.15) is 5.83 Å². The van der Waals surface area contributed by atoms with E-state index in [0.717, 1.165) is 43.0 Å². The molecule has 1 fully saturated rings. The predicted octanol–water partition coefficient (Wildman–Crippen LogP) is 3.39. The van der Waals surface area contributed by atoms with E-state index in [4.69, 9.17) is 0 Å². The second kappa shape index (κ2) is 7.01. The molecule has 0 amide bonds. The quantitative estimate of drug-likeness (QED) is 0.827. The van der Waals surface area contributed by atoms with Crippen molar-refractivity contribution in [3.05, 3.63) is 71.0 Å². The SMILES string of the molecule is C=C/C(F)=C\C(=C)Cn1c(=O)[nH]c2c(C3CCNCC3)cccc21. The summed E-state index contributed by atoms with van der Waals surface area (Å²) in [6.07, 6.45) is 4.55. The number of imidazole rings is 1. The van der Waals surface area contributed by atoms with Gasteiger partial charge in [-0.2, -0.15) is 0 Å². The van der Waals surface area contributed by atoms with Crippen molar-refractivity contribution in [1.29, 1.82) is 0 Å². The molecule has 2 aromatic rings. The van der Waals surface area contributed by atoms with Crippen LogP contribution in [0.25, 0.3) is 11.0 Å². The Morgan fingerprint density at radius 1 is 1.38 bits per heavy atom. The van der Waals surface area contributed by atoms with Gasteiger partial charge in [-0.25, -0.2) is 9.18 Å². The highest BCUT2D eigenvalue weighted by Gasteiger charge is 2.19. The van der Waals surface area contributed by atoms with Crippen LogP contribution >= 0.6 is 0 Å². The van der Waals surface area contributed by atoms with Gasteiger partial charge in [-0.1, -0.05) is 25.3 Å². The number of para-hydroxylation sites is 1. The molecule has 0 unspecified atom stereocenters. The van der Waals surface area contributed by atoms with Crippen molar-refractivity contribution in [3.8, 4) is 0 Å². The molecular weight excluding hydrogens is 305 g/mol. The van der Waals surface area contributed by atoms with Crippen molar-refractivity contribution in [2.45, 2.75) is 25.3 Å². The minimum absolute atomic E-state index is 0.194. The Morgan fingerprint density at radius 2 is 2.12 bits per heavy atom. The molecule has 3 rings (SSSR count). The second-order valence-electron chi connectivity index (χ2n) is 6.17. The Labute approximate surface area is 140 Å². The molecule has 24 heavy (non-hydrogen) atoms. The van der Waals surface area contributed by atoms with Gasteiger partial charge in [-0.3, -0.25) is 4.57 Å². The van der Waals surface area contributed by atoms with Crippen molar-refractivity contribution in [3.63, 3.8) is 0 Å². The number of benzene rings is 1. The molecule has 0 saturated carbocycles. The van der Waals surface area contributed by atoms with E-state index in [1.807, 2.05) is 12.1 Å². The highest BCUT2D eigenvalue weighted by Crippen LogP contribution is 2.30. The standard InChI is InChI=1S/C19H22FN3O/c1-3-15(20)11-13(2)12-23-17-6-4-5-16(18(17)22-19(23)24)14-7-9-21-10-8-14/h3-6,11,14,21H,1-2,7-10,12H2,(H,22,24)/b15-11+. The molecule has 0 radical (unpaired) electrons. The Balaban J connectivity index is 1.98.